The minimum atomic E-state index is -0.380. The number of halogens is 2. The van der Waals surface area contributed by atoms with Crippen LogP contribution in [0, 0.1) is 5.82 Å². The smallest absolute Gasteiger partial charge is 0.161 e. The third kappa shape index (κ3) is 3.60. The van der Waals surface area contributed by atoms with Gasteiger partial charge < -0.3 is 11.1 Å². The molecule has 2 aromatic rings. The van der Waals surface area contributed by atoms with E-state index in [0.717, 1.165) is 12.0 Å². The summed E-state index contributed by atoms with van der Waals surface area (Å²) in [6, 6.07) is 11.5. The Kier molecular flexibility index (Phi) is 5.31. The summed E-state index contributed by atoms with van der Waals surface area (Å²) in [5.74, 6) is -0.380. The Labute approximate surface area is 137 Å². The van der Waals surface area contributed by atoms with E-state index in [4.69, 9.17) is 18.0 Å². The highest BCUT2D eigenvalue weighted by Gasteiger charge is 2.13. The zero-order chi connectivity index (χ0) is 15.4. The van der Waals surface area contributed by atoms with Crippen molar-refractivity contribution in [2.45, 2.75) is 19.9 Å². The van der Waals surface area contributed by atoms with E-state index < -0.39 is 0 Å². The molecule has 0 fully saturated rings. The average molecular weight is 367 g/mol. The number of hydrogen-bond acceptors (Lipinski definition) is 2. The van der Waals surface area contributed by atoms with Gasteiger partial charge in [0.2, 0.25) is 0 Å². The van der Waals surface area contributed by atoms with Gasteiger partial charge in [-0.2, -0.15) is 0 Å². The zero-order valence-electron chi connectivity index (χ0n) is 11.6. The van der Waals surface area contributed by atoms with Crippen LogP contribution in [-0.2, 0) is 13.0 Å². The van der Waals surface area contributed by atoms with Crippen molar-refractivity contribution < 1.29 is 4.39 Å². The molecule has 0 aliphatic carbocycles. The standard InChI is InChI=1S/C16H16BrFN2S/c1-2-10-5-3-4-6-11(10)9-20-13-8-7-12(16(19)21)14(17)15(13)18/h3-8,20H,2,9H2,1H3,(H2,19,21). The summed E-state index contributed by atoms with van der Waals surface area (Å²) in [6.45, 7) is 2.67. The molecule has 0 bridgehead atoms. The minimum Gasteiger partial charge on any atom is -0.389 e. The Morgan fingerprint density at radius 2 is 1.90 bits per heavy atom. The maximum absolute atomic E-state index is 14.3. The summed E-state index contributed by atoms with van der Waals surface area (Å²) in [5, 5.41) is 3.12. The summed E-state index contributed by atoms with van der Waals surface area (Å²) < 4.78 is 14.6. The van der Waals surface area contributed by atoms with E-state index >= 15 is 0 Å². The first kappa shape index (κ1) is 15.9. The summed E-state index contributed by atoms with van der Waals surface area (Å²) in [6.07, 6.45) is 0.949. The van der Waals surface area contributed by atoms with E-state index in [-0.39, 0.29) is 10.8 Å². The Morgan fingerprint density at radius 3 is 2.52 bits per heavy atom. The monoisotopic (exact) mass is 366 g/mol. The van der Waals surface area contributed by atoms with Crippen LogP contribution in [0.25, 0.3) is 0 Å². The van der Waals surface area contributed by atoms with Crippen LogP contribution in [0.1, 0.15) is 23.6 Å². The van der Waals surface area contributed by atoms with Crippen molar-refractivity contribution in [2.75, 3.05) is 5.32 Å². The number of rotatable bonds is 5. The Morgan fingerprint density at radius 1 is 1.24 bits per heavy atom. The van der Waals surface area contributed by atoms with Crippen molar-refractivity contribution in [1.82, 2.24) is 0 Å². The molecule has 3 N–H and O–H groups in total. The molecule has 0 heterocycles. The van der Waals surface area contributed by atoms with E-state index in [2.05, 4.69) is 34.2 Å². The maximum atomic E-state index is 14.3. The topological polar surface area (TPSA) is 38.0 Å². The van der Waals surface area contributed by atoms with E-state index in [1.54, 1.807) is 12.1 Å². The molecule has 5 heteroatoms. The molecular formula is C16H16BrFN2S. The van der Waals surface area contributed by atoms with Crippen LogP contribution >= 0.6 is 28.1 Å². The highest BCUT2D eigenvalue weighted by molar-refractivity contribution is 9.10. The number of anilines is 1. The zero-order valence-corrected chi connectivity index (χ0v) is 14.0. The first-order valence-corrected chi connectivity index (χ1v) is 7.83. The molecule has 2 aromatic carbocycles. The van der Waals surface area contributed by atoms with Crippen molar-refractivity contribution in [2.24, 2.45) is 5.73 Å². The van der Waals surface area contributed by atoms with Gasteiger partial charge in [-0.3, -0.25) is 0 Å². The third-order valence-corrected chi connectivity index (χ3v) is 4.31. The lowest BCUT2D eigenvalue weighted by Crippen LogP contribution is -2.12. The lowest BCUT2D eigenvalue weighted by molar-refractivity contribution is 0.623. The number of nitrogens with two attached hydrogens (primary N) is 1. The van der Waals surface area contributed by atoms with Crippen LogP contribution < -0.4 is 11.1 Å². The fourth-order valence-electron chi connectivity index (χ4n) is 2.14. The van der Waals surface area contributed by atoms with E-state index in [1.165, 1.54) is 5.56 Å². The van der Waals surface area contributed by atoms with Crippen LogP contribution in [0.3, 0.4) is 0 Å². The fourth-order valence-corrected chi connectivity index (χ4v) is 3.00. The van der Waals surface area contributed by atoms with Crippen molar-refractivity contribution in [3.8, 4) is 0 Å². The number of hydrogen-bond donors (Lipinski definition) is 2. The molecule has 2 nitrogen and oxygen atoms in total. The van der Waals surface area contributed by atoms with Gasteiger partial charge in [-0.25, -0.2) is 4.39 Å². The van der Waals surface area contributed by atoms with Gasteiger partial charge in [0.15, 0.2) is 5.82 Å². The first-order chi connectivity index (χ1) is 10.0. The second-order valence-corrected chi connectivity index (χ2v) is 5.86. The van der Waals surface area contributed by atoms with Gasteiger partial charge in [-0.1, -0.05) is 43.4 Å². The second kappa shape index (κ2) is 7.00. The van der Waals surface area contributed by atoms with Crippen molar-refractivity contribution >= 4 is 38.8 Å². The molecule has 0 aliphatic heterocycles. The van der Waals surface area contributed by atoms with Gasteiger partial charge in [0.05, 0.1) is 10.2 Å². The van der Waals surface area contributed by atoms with Crippen molar-refractivity contribution in [3.63, 3.8) is 0 Å². The summed E-state index contributed by atoms with van der Waals surface area (Å²) in [5.41, 5.74) is 8.89. The molecule has 2 rings (SSSR count). The molecule has 0 amide bonds. The van der Waals surface area contributed by atoms with Gasteiger partial charge >= 0.3 is 0 Å². The van der Waals surface area contributed by atoms with Crippen LogP contribution in [0.2, 0.25) is 0 Å². The average Bonchev–Trinajstić information content (AvgIpc) is 2.48. The van der Waals surface area contributed by atoms with Gasteiger partial charge in [-0.05, 0) is 45.6 Å². The maximum Gasteiger partial charge on any atom is 0.161 e. The highest BCUT2D eigenvalue weighted by atomic mass is 79.9. The number of thiocarbonyl (C=S) groups is 1. The highest BCUT2D eigenvalue weighted by Crippen LogP contribution is 2.27. The van der Waals surface area contributed by atoms with Crippen LogP contribution in [-0.4, -0.2) is 4.99 Å². The summed E-state index contributed by atoms with van der Waals surface area (Å²) in [4.78, 5) is 0.170. The largest absolute Gasteiger partial charge is 0.389 e. The van der Waals surface area contributed by atoms with Gasteiger partial charge in [0.25, 0.3) is 0 Å². The van der Waals surface area contributed by atoms with Gasteiger partial charge in [0, 0.05) is 12.1 Å². The van der Waals surface area contributed by atoms with Gasteiger partial charge in [-0.15, -0.1) is 0 Å². The van der Waals surface area contributed by atoms with Gasteiger partial charge in [0.1, 0.15) is 4.99 Å². The second-order valence-electron chi connectivity index (χ2n) is 4.63. The van der Waals surface area contributed by atoms with Crippen LogP contribution in [0.4, 0.5) is 10.1 Å². The molecule has 0 unspecified atom stereocenters. The van der Waals surface area contributed by atoms with E-state index in [9.17, 15) is 4.39 Å². The van der Waals surface area contributed by atoms with Crippen molar-refractivity contribution in [3.05, 3.63) is 63.4 Å². The van der Waals surface area contributed by atoms with E-state index in [0.29, 0.717) is 22.3 Å². The molecule has 0 aromatic heterocycles. The molecule has 0 saturated carbocycles. The van der Waals surface area contributed by atoms with Crippen LogP contribution in [0.15, 0.2) is 40.9 Å². The van der Waals surface area contributed by atoms with Crippen molar-refractivity contribution in [1.29, 1.82) is 0 Å². The predicted molar refractivity (Wildman–Crippen MR) is 93.1 cm³/mol. The summed E-state index contributed by atoms with van der Waals surface area (Å²) >= 11 is 8.09. The molecule has 0 atom stereocenters. The molecular weight excluding hydrogens is 351 g/mol. The molecule has 110 valence electrons. The number of nitrogens with one attached hydrogen (secondary N) is 1. The molecule has 21 heavy (non-hydrogen) atoms. The quantitative estimate of drug-likeness (QED) is 0.770. The SMILES string of the molecule is CCc1ccccc1CNc1ccc(C(N)=S)c(Br)c1F. The lowest BCUT2D eigenvalue weighted by Gasteiger charge is -2.13. The lowest BCUT2D eigenvalue weighted by atomic mass is 10.1. The first-order valence-electron chi connectivity index (χ1n) is 6.63. The number of aryl methyl sites for hydroxylation is 1. The summed E-state index contributed by atoms with van der Waals surface area (Å²) in [7, 11) is 0. The van der Waals surface area contributed by atoms with E-state index in [1.807, 2.05) is 18.2 Å². The Bertz CT molecular complexity index is 673. The minimum absolute atomic E-state index is 0.170. The van der Waals surface area contributed by atoms with Crippen LogP contribution in [0.5, 0.6) is 0 Å². The third-order valence-electron chi connectivity index (χ3n) is 3.32. The molecule has 0 aliphatic rings. The molecule has 0 spiro atoms. The molecule has 0 radical (unpaired) electrons. The fraction of sp³-hybridized carbons (Fsp3) is 0.188. The molecule has 0 saturated heterocycles. The Balaban J connectivity index is 2.21. The predicted octanol–water partition coefficient (Wildman–Crippen LogP) is 4.40. The normalized spacial score (nSPS) is 10.4. The Hall–Kier alpha value is -1.46. The number of benzene rings is 2.